The molecule has 7 nitrogen and oxygen atoms in total. The fraction of sp³-hybridized carbons (Fsp3) is 0.143. The molecule has 0 spiro atoms. The van der Waals surface area contributed by atoms with Gasteiger partial charge in [-0.15, -0.1) is 0 Å². The fourth-order valence-corrected chi connectivity index (χ4v) is 4.58. The van der Waals surface area contributed by atoms with E-state index in [0.717, 1.165) is 10.5 Å². The van der Waals surface area contributed by atoms with Crippen molar-refractivity contribution in [1.29, 1.82) is 0 Å². The molecular weight excluding hydrogens is 495 g/mol. The van der Waals surface area contributed by atoms with Crippen molar-refractivity contribution in [3.63, 3.8) is 0 Å². The van der Waals surface area contributed by atoms with Gasteiger partial charge in [-0.2, -0.15) is 4.57 Å². The summed E-state index contributed by atoms with van der Waals surface area (Å²) in [5.74, 6) is -2.44. The summed E-state index contributed by atoms with van der Waals surface area (Å²) in [5, 5.41) is 3.61. The van der Waals surface area contributed by atoms with Crippen LogP contribution in [0, 0.1) is 12.7 Å². The molecule has 1 N–H and O–H groups in total. The largest absolute Gasteiger partial charge is 0.331 e. The van der Waals surface area contributed by atoms with Gasteiger partial charge in [0, 0.05) is 22.3 Å². The number of hydrogen-bond acceptors (Lipinski definition) is 3. The molecule has 3 heterocycles. The lowest BCUT2D eigenvalue weighted by Crippen LogP contribution is -2.40. The van der Waals surface area contributed by atoms with Crippen LogP contribution in [0.5, 0.6) is 0 Å². The van der Waals surface area contributed by atoms with Crippen molar-refractivity contribution in [3.05, 3.63) is 111 Å². The Morgan fingerprint density at radius 2 is 1.65 bits per heavy atom. The number of aromatic nitrogens is 3. The van der Waals surface area contributed by atoms with Crippen molar-refractivity contribution in [3.8, 4) is 5.69 Å². The molecule has 0 atom stereocenters. The summed E-state index contributed by atoms with van der Waals surface area (Å²) < 4.78 is 17.6. The first-order chi connectivity index (χ1) is 17.7. The number of hydrogen-bond donors (Lipinski definition) is 1. The van der Waals surface area contributed by atoms with E-state index in [0.29, 0.717) is 16.4 Å². The molecule has 1 aliphatic rings. The second-order valence-corrected chi connectivity index (χ2v) is 9.52. The third kappa shape index (κ3) is 4.09. The maximum Gasteiger partial charge on any atom is 0.331 e. The van der Waals surface area contributed by atoms with Gasteiger partial charge in [0.1, 0.15) is 11.4 Å². The minimum absolute atomic E-state index is 0.0294. The second-order valence-electron chi connectivity index (χ2n) is 9.08. The maximum absolute atomic E-state index is 14.8. The van der Waals surface area contributed by atoms with E-state index in [1.807, 2.05) is 26.8 Å². The molecule has 0 saturated heterocycles. The predicted molar refractivity (Wildman–Crippen MR) is 139 cm³/mol. The Labute approximate surface area is 217 Å². The number of pyridine rings is 1. The highest BCUT2D eigenvalue weighted by atomic mass is 35.5. The highest BCUT2D eigenvalue weighted by Crippen LogP contribution is 2.36. The summed E-state index contributed by atoms with van der Waals surface area (Å²) in [6, 6.07) is 15.8. The molecule has 0 unspecified atom stereocenters. The highest BCUT2D eigenvalue weighted by Gasteiger charge is 2.49. The fourth-order valence-electron chi connectivity index (χ4n) is 4.45. The number of nitrogens with zero attached hydrogens (tertiary/aromatic N) is 3. The summed E-state index contributed by atoms with van der Waals surface area (Å²) in [4.78, 5) is 42.4. The number of anilines is 1. The van der Waals surface area contributed by atoms with E-state index in [9.17, 15) is 18.8 Å². The molecule has 0 radical (unpaired) electrons. The zero-order chi connectivity index (χ0) is 26.4. The van der Waals surface area contributed by atoms with Crippen LogP contribution in [-0.2, 0) is 9.59 Å². The van der Waals surface area contributed by atoms with E-state index >= 15 is 0 Å². The van der Waals surface area contributed by atoms with E-state index in [1.54, 1.807) is 48.8 Å². The average molecular weight is 518 g/mol. The Balaban J connectivity index is 1.82. The van der Waals surface area contributed by atoms with Crippen molar-refractivity contribution in [2.45, 2.75) is 26.7 Å². The van der Waals surface area contributed by atoms with E-state index in [4.69, 9.17) is 11.6 Å². The van der Waals surface area contributed by atoms with Crippen LogP contribution in [0.2, 0.25) is 5.02 Å². The van der Waals surface area contributed by atoms with Crippen molar-refractivity contribution in [2.24, 2.45) is 0 Å². The first-order valence-electron chi connectivity index (χ1n) is 11.7. The van der Waals surface area contributed by atoms with E-state index in [-0.39, 0.29) is 28.4 Å². The van der Waals surface area contributed by atoms with Crippen LogP contribution in [0.4, 0.5) is 10.1 Å². The molecule has 5 rings (SSSR count). The molecule has 2 aromatic heterocycles. The van der Waals surface area contributed by atoms with E-state index in [1.165, 1.54) is 27.4 Å². The predicted octanol–water partition coefficient (Wildman–Crippen LogP) is 4.62. The van der Waals surface area contributed by atoms with Gasteiger partial charge in [-0.25, -0.2) is 14.0 Å². The third-order valence-corrected chi connectivity index (χ3v) is 6.44. The van der Waals surface area contributed by atoms with Gasteiger partial charge in [0.2, 0.25) is 0 Å². The number of aromatic amines is 1. The zero-order valence-corrected chi connectivity index (χ0v) is 21.1. The number of aryl methyl sites for hydroxylation is 1. The first kappa shape index (κ1) is 24.4. The topological polar surface area (TPSA) is 79.1 Å². The molecule has 9 heteroatoms. The van der Waals surface area contributed by atoms with Crippen molar-refractivity contribution in [2.75, 3.05) is 4.90 Å². The van der Waals surface area contributed by atoms with Crippen LogP contribution in [0.15, 0.2) is 77.9 Å². The van der Waals surface area contributed by atoms with Crippen LogP contribution in [0.25, 0.3) is 17.0 Å². The number of nitrogens with one attached hydrogen (secondary N) is 1. The van der Waals surface area contributed by atoms with Crippen LogP contribution in [0.3, 0.4) is 0 Å². The summed E-state index contributed by atoms with van der Waals surface area (Å²) in [7, 11) is 0. The minimum Gasteiger partial charge on any atom is -0.294 e. The Kier molecular flexibility index (Phi) is 6.13. The van der Waals surface area contributed by atoms with E-state index < -0.39 is 23.2 Å². The molecule has 4 aromatic rings. The number of imide groups is 1. The first-order valence-corrected chi connectivity index (χ1v) is 12.0. The molecule has 1 aliphatic heterocycles. The SMILES string of the molecule is Cc1ccc[n+](C2=C(c3c(C(C)C)[nH]n(-c4ccc(Cl)cc4)c3=O)C(=O)N(c3ccccc3F)C2=O)c1. The minimum atomic E-state index is -0.777. The monoisotopic (exact) mass is 517 g/mol. The normalized spacial score (nSPS) is 13.8. The Morgan fingerprint density at radius 3 is 2.30 bits per heavy atom. The maximum atomic E-state index is 14.8. The van der Waals surface area contributed by atoms with Gasteiger partial charge in [-0.1, -0.05) is 37.6 Å². The number of H-pyrrole nitrogens is 1. The molecule has 0 fully saturated rings. The smallest absolute Gasteiger partial charge is 0.294 e. The lowest BCUT2D eigenvalue weighted by atomic mass is 9.98. The molecule has 37 heavy (non-hydrogen) atoms. The molecule has 0 bridgehead atoms. The number of halogens is 2. The lowest BCUT2D eigenvalue weighted by Gasteiger charge is -2.14. The number of amides is 2. The van der Waals surface area contributed by atoms with E-state index in [2.05, 4.69) is 5.10 Å². The number of carbonyl (C=O) groups excluding carboxylic acids is 2. The van der Waals surface area contributed by atoms with Crippen molar-refractivity contribution < 1.29 is 18.5 Å². The molecule has 2 aromatic carbocycles. The summed E-state index contributed by atoms with van der Waals surface area (Å²) in [6.45, 7) is 5.59. The van der Waals surface area contributed by atoms with Gasteiger partial charge in [0.05, 0.1) is 16.9 Å². The van der Waals surface area contributed by atoms with Crippen molar-refractivity contribution in [1.82, 2.24) is 9.78 Å². The molecule has 0 aliphatic carbocycles. The van der Waals surface area contributed by atoms with Crippen LogP contribution < -0.4 is 15.0 Å². The number of para-hydroxylation sites is 1. The summed E-state index contributed by atoms with van der Waals surface area (Å²) >= 11 is 6.03. The van der Waals surface area contributed by atoms with Gasteiger partial charge in [-0.3, -0.25) is 19.5 Å². The standard InChI is InChI=1S/C28H22ClFN4O3/c1-16(2)24-22(27(36)34(31-24)19-12-10-18(29)11-13-19)23-25(32-14-6-7-17(3)15-32)28(37)33(26(23)35)21-9-5-4-8-20(21)30/h4-16H,1-3H3/p+1. The summed E-state index contributed by atoms with van der Waals surface area (Å²) in [6.07, 6.45) is 3.31. The number of rotatable bonds is 5. The third-order valence-electron chi connectivity index (χ3n) is 6.19. The zero-order valence-electron chi connectivity index (χ0n) is 20.3. The average Bonchev–Trinajstić information content (AvgIpc) is 3.33. The number of benzene rings is 2. The molecular formula is C28H23ClFN4O3+. The van der Waals surface area contributed by atoms with Gasteiger partial charge in [0.15, 0.2) is 12.4 Å². The highest BCUT2D eigenvalue weighted by molar-refractivity contribution is 6.53. The van der Waals surface area contributed by atoms with Gasteiger partial charge in [-0.05, 0) is 55.3 Å². The molecule has 2 amide bonds. The Morgan fingerprint density at radius 1 is 0.946 bits per heavy atom. The Bertz CT molecular complexity index is 1650. The number of carbonyl (C=O) groups is 2. The molecule has 0 saturated carbocycles. The second kappa shape index (κ2) is 9.29. The quantitative estimate of drug-likeness (QED) is 0.310. The van der Waals surface area contributed by atoms with Gasteiger partial charge < -0.3 is 0 Å². The van der Waals surface area contributed by atoms with Gasteiger partial charge >= 0.3 is 5.91 Å². The lowest BCUT2D eigenvalue weighted by molar-refractivity contribution is -0.577. The molecule has 186 valence electrons. The van der Waals surface area contributed by atoms with Crippen LogP contribution in [0.1, 0.15) is 36.6 Å². The van der Waals surface area contributed by atoms with Crippen LogP contribution >= 0.6 is 11.6 Å². The van der Waals surface area contributed by atoms with Crippen molar-refractivity contribution >= 4 is 40.4 Å². The van der Waals surface area contributed by atoms with Gasteiger partial charge in [0.25, 0.3) is 17.2 Å². The Hall–Kier alpha value is -4.30. The summed E-state index contributed by atoms with van der Waals surface area (Å²) in [5.41, 5.74) is 1.05. The van der Waals surface area contributed by atoms with Crippen LogP contribution in [-0.4, -0.2) is 21.6 Å².